The van der Waals surface area contributed by atoms with Crippen molar-refractivity contribution in [2.45, 2.75) is 12.3 Å². The van der Waals surface area contributed by atoms with Crippen LogP contribution in [-0.4, -0.2) is 11.5 Å². The van der Waals surface area contributed by atoms with E-state index in [1.807, 2.05) is 0 Å². The molecule has 4 nitrogen and oxygen atoms in total. The van der Waals surface area contributed by atoms with Gasteiger partial charge in [0.1, 0.15) is 0 Å². The molecule has 21 heavy (non-hydrogen) atoms. The summed E-state index contributed by atoms with van der Waals surface area (Å²) in [6, 6.07) is 15.4. The fraction of sp³-hybridized carbons (Fsp3) is 0.294. The summed E-state index contributed by atoms with van der Waals surface area (Å²) in [4.78, 5) is 10.3. The number of hydrogen-bond donors (Lipinski definition) is 1. The molecule has 0 aliphatic heterocycles. The normalized spacial score (nSPS) is 25.0. The molecule has 0 saturated heterocycles. The molecule has 0 radical (unpaired) electrons. The number of nitro groups is 1. The van der Waals surface area contributed by atoms with Gasteiger partial charge in [-0.1, -0.05) is 24.3 Å². The summed E-state index contributed by atoms with van der Waals surface area (Å²) in [5, 5.41) is 14.0. The van der Waals surface area contributed by atoms with Gasteiger partial charge in [-0.25, -0.2) is 0 Å². The molecule has 1 saturated carbocycles. The maximum Gasteiger partial charge on any atom is 0.269 e. The molecule has 0 amide bonds. The molecular weight excluding hydrogens is 264 g/mol. The summed E-state index contributed by atoms with van der Waals surface area (Å²) in [5.41, 5.74) is 4.13. The fourth-order valence-corrected chi connectivity index (χ4v) is 3.70. The van der Waals surface area contributed by atoms with Gasteiger partial charge in [-0.15, -0.1) is 0 Å². The lowest BCUT2D eigenvalue weighted by atomic mass is 10.0. The second kappa shape index (κ2) is 4.58. The average Bonchev–Trinajstić information content (AvgIpc) is 3.04. The van der Waals surface area contributed by atoms with Crippen LogP contribution < -0.4 is 5.32 Å². The monoisotopic (exact) mass is 280 g/mol. The SMILES string of the molecule is O=[N+]([O-])c1ccc(NCC2C3Cc4ccccc4C23)cc1. The minimum Gasteiger partial charge on any atom is -0.385 e. The Morgan fingerprint density at radius 3 is 2.67 bits per heavy atom. The lowest BCUT2D eigenvalue weighted by molar-refractivity contribution is -0.384. The van der Waals surface area contributed by atoms with E-state index in [1.165, 1.54) is 17.5 Å². The van der Waals surface area contributed by atoms with Crippen LogP contribution in [-0.2, 0) is 6.42 Å². The maximum absolute atomic E-state index is 10.6. The summed E-state index contributed by atoms with van der Waals surface area (Å²) in [7, 11) is 0. The average molecular weight is 280 g/mol. The Labute approximate surface area is 123 Å². The summed E-state index contributed by atoms with van der Waals surface area (Å²) in [5.74, 6) is 2.20. The number of rotatable bonds is 4. The molecule has 0 spiro atoms. The first-order valence-corrected chi connectivity index (χ1v) is 7.30. The molecule has 0 heterocycles. The smallest absolute Gasteiger partial charge is 0.269 e. The minimum atomic E-state index is -0.369. The van der Waals surface area contributed by atoms with E-state index in [1.54, 1.807) is 24.3 Å². The predicted molar refractivity (Wildman–Crippen MR) is 81.5 cm³/mol. The number of benzene rings is 2. The van der Waals surface area contributed by atoms with Gasteiger partial charge in [0.25, 0.3) is 5.69 Å². The van der Waals surface area contributed by atoms with Crippen LogP contribution in [0.15, 0.2) is 48.5 Å². The molecule has 4 heteroatoms. The van der Waals surface area contributed by atoms with Crippen molar-refractivity contribution in [2.75, 3.05) is 11.9 Å². The third-order valence-electron chi connectivity index (χ3n) is 4.82. The van der Waals surface area contributed by atoms with E-state index < -0.39 is 0 Å². The van der Waals surface area contributed by atoms with Crippen molar-refractivity contribution < 1.29 is 4.92 Å². The molecule has 1 fully saturated rings. The number of anilines is 1. The first kappa shape index (κ1) is 12.4. The van der Waals surface area contributed by atoms with E-state index in [9.17, 15) is 10.1 Å². The van der Waals surface area contributed by atoms with Gasteiger partial charge in [-0.3, -0.25) is 10.1 Å². The van der Waals surface area contributed by atoms with Crippen LogP contribution in [0, 0.1) is 22.0 Å². The Kier molecular flexibility index (Phi) is 2.70. The second-order valence-corrected chi connectivity index (χ2v) is 5.94. The third-order valence-corrected chi connectivity index (χ3v) is 4.82. The van der Waals surface area contributed by atoms with Crippen LogP contribution in [0.4, 0.5) is 11.4 Å². The first-order chi connectivity index (χ1) is 10.2. The van der Waals surface area contributed by atoms with E-state index in [0.29, 0.717) is 11.8 Å². The molecule has 2 aromatic rings. The molecule has 3 atom stereocenters. The highest BCUT2D eigenvalue weighted by atomic mass is 16.6. The number of nitrogens with one attached hydrogen (secondary N) is 1. The quantitative estimate of drug-likeness (QED) is 0.687. The predicted octanol–water partition coefficient (Wildman–Crippen LogP) is 3.59. The highest BCUT2D eigenvalue weighted by Gasteiger charge is 2.54. The highest BCUT2D eigenvalue weighted by Crippen LogP contribution is 2.61. The number of hydrogen-bond acceptors (Lipinski definition) is 3. The number of fused-ring (bicyclic) bond motifs is 3. The molecule has 106 valence electrons. The molecule has 2 aliphatic rings. The minimum absolute atomic E-state index is 0.137. The van der Waals surface area contributed by atoms with Gasteiger partial charge in [0.2, 0.25) is 0 Å². The Balaban J connectivity index is 1.38. The summed E-state index contributed by atoms with van der Waals surface area (Å²) >= 11 is 0. The second-order valence-electron chi connectivity index (χ2n) is 5.94. The Morgan fingerprint density at radius 1 is 1.14 bits per heavy atom. The van der Waals surface area contributed by atoms with Crippen molar-refractivity contribution in [3.8, 4) is 0 Å². The molecule has 0 bridgehead atoms. The van der Waals surface area contributed by atoms with Crippen molar-refractivity contribution in [1.29, 1.82) is 0 Å². The van der Waals surface area contributed by atoms with Gasteiger partial charge in [0.15, 0.2) is 0 Å². The van der Waals surface area contributed by atoms with E-state index in [-0.39, 0.29) is 10.6 Å². The first-order valence-electron chi connectivity index (χ1n) is 7.30. The molecular formula is C17H16N2O2. The van der Waals surface area contributed by atoms with E-state index >= 15 is 0 Å². The maximum atomic E-state index is 10.6. The van der Waals surface area contributed by atoms with Crippen LogP contribution in [0.3, 0.4) is 0 Å². The third kappa shape index (κ3) is 2.07. The number of nitro benzene ring substituents is 1. The fourth-order valence-electron chi connectivity index (χ4n) is 3.70. The van der Waals surface area contributed by atoms with Crippen LogP contribution in [0.1, 0.15) is 17.0 Å². The van der Waals surface area contributed by atoms with Gasteiger partial charge >= 0.3 is 0 Å². The van der Waals surface area contributed by atoms with Crippen LogP contribution in [0.2, 0.25) is 0 Å². The molecule has 0 aromatic heterocycles. The molecule has 2 aromatic carbocycles. The summed E-state index contributed by atoms with van der Waals surface area (Å²) < 4.78 is 0. The lowest BCUT2D eigenvalue weighted by Crippen LogP contribution is -2.08. The Hall–Kier alpha value is -2.36. The molecule has 2 aliphatic carbocycles. The lowest BCUT2D eigenvalue weighted by Gasteiger charge is -2.09. The van der Waals surface area contributed by atoms with E-state index in [0.717, 1.165) is 18.2 Å². The van der Waals surface area contributed by atoms with E-state index in [4.69, 9.17) is 0 Å². The van der Waals surface area contributed by atoms with Gasteiger partial charge in [-0.05, 0) is 47.4 Å². The van der Waals surface area contributed by atoms with E-state index in [2.05, 4.69) is 29.6 Å². The standard InChI is InChI=1S/C17H16N2O2/c20-19(21)13-7-5-12(6-8-13)18-10-16-15-9-11-3-1-2-4-14(11)17(15)16/h1-8,15-18H,9-10H2. The molecule has 1 N–H and O–H groups in total. The van der Waals surface area contributed by atoms with Crippen molar-refractivity contribution >= 4 is 11.4 Å². The van der Waals surface area contributed by atoms with Gasteiger partial charge in [-0.2, -0.15) is 0 Å². The number of non-ortho nitro benzene ring substituents is 1. The summed E-state index contributed by atoms with van der Waals surface area (Å²) in [6.45, 7) is 0.946. The zero-order chi connectivity index (χ0) is 14.4. The van der Waals surface area contributed by atoms with Gasteiger partial charge < -0.3 is 5.32 Å². The topological polar surface area (TPSA) is 55.2 Å². The highest BCUT2D eigenvalue weighted by molar-refractivity contribution is 5.50. The summed E-state index contributed by atoms with van der Waals surface area (Å²) in [6.07, 6.45) is 1.20. The Bertz CT molecular complexity index is 696. The van der Waals surface area contributed by atoms with Gasteiger partial charge in [0.05, 0.1) is 4.92 Å². The largest absolute Gasteiger partial charge is 0.385 e. The van der Waals surface area contributed by atoms with Crippen LogP contribution in [0.5, 0.6) is 0 Å². The molecule has 4 rings (SSSR count). The van der Waals surface area contributed by atoms with Crippen molar-refractivity contribution in [3.63, 3.8) is 0 Å². The Morgan fingerprint density at radius 2 is 1.90 bits per heavy atom. The molecule has 3 unspecified atom stereocenters. The van der Waals surface area contributed by atoms with Gasteiger partial charge in [0, 0.05) is 24.4 Å². The van der Waals surface area contributed by atoms with Crippen molar-refractivity contribution in [2.24, 2.45) is 11.8 Å². The number of nitrogens with zero attached hydrogens (tertiary/aromatic N) is 1. The zero-order valence-corrected chi connectivity index (χ0v) is 11.5. The van der Waals surface area contributed by atoms with Crippen molar-refractivity contribution in [3.05, 3.63) is 69.8 Å². The van der Waals surface area contributed by atoms with Crippen molar-refractivity contribution in [1.82, 2.24) is 0 Å². The zero-order valence-electron chi connectivity index (χ0n) is 11.5. The van der Waals surface area contributed by atoms with Crippen LogP contribution in [0.25, 0.3) is 0 Å². The van der Waals surface area contributed by atoms with Crippen LogP contribution >= 0.6 is 0 Å².